The van der Waals surface area contributed by atoms with Gasteiger partial charge in [-0.05, 0) is 33.6 Å². The van der Waals surface area contributed by atoms with E-state index < -0.39 is 0 Å². The number of benzene rings is 1. The third kappa shape index (κ3) is 1.94. The van der Waals surface area contributed by atoms with E-state index in [4.69, 9.17) is 0 Å². The van der Waals surface area contributed by atoms with Gasteiger partial charge in [0.2, 0.25) is 11.7 Å². The zero-order valence-corrected chi connectivity index (χ0v) is 12.8. The molecule has 0 fully saturated rings. The van der Waals surface area contributed by atoms with Crippen LogP contribution >= 0.6 is 15.9 Å². The van der Waals surface area contributed by atoms with E-state index in [1.165, 1.54) is 0 Å². The first kappa shape index (κ1) is 12.5. The summed E-state index contributed by atoms with van der Waals surface area (Å²) in [6, 6.07) is 6.00. The van der Waals surface area contributed by atoms with E-state index in [9.17, 15) is 4.79 Å². The Morgan fingerprint density at radius 1 is 1.29 bits per heavy atom. The standard InChI is InChI=1S/C15H11BrN4O/c1-19-13-3-2-9(4-10(13)5-14(19)21)12-8-20-7-11(16)6-17-15(20)18-12/h2-4,6-8H,5H2,1H3. The smallest absolute Gasteiger partial charge is 0.234 e. The van der Waals surface area contributed by atoms with E-state index in [0.717, 1.165) is 27.0 Å². The Balaban J connectivity index is 1.82. The molecule has 1 aliphatic heterocycles. The fourth-order valence-corrected chi connectivity index (χ4v) is 2.95. The van der Waals surface area contributed by atoms with Gasteiger partial charge < -0.3 is 4.90 Å². The summed E-state index contributed by atoms with van der Waals surface area (Å²) in [6.07, 6.45) is 6.04. The van der Waals surface area contributed by atoms with Gasteiger partial charge in [-0.15, -0.1) is 0 Å². The van der Waals surface area contributed by atoms with Crippen LogP contribution in [0, 0.1) is 0 Å². The van der Waals surface area contributed by atoms with Gasteiger partial charge in [0.05, 0.1) is 16.6 Å². The average Bonchev–Trinajstić information content (AvgIpc) is 3.00. The minimum atomic E-state index is 0.128. The molecular formula is C15H11BrN4O. The van der Waals surface area contributed by atoms with Crippen molar-refractivity contribution in [3.63, 3.8) is 0 Å². The molecule has 3 aromatic rings. The number of fused-ring (bicyclic) bond motifs is 2. The highest BCUT2D eigenvalue weighted by Gasteiger charge is 2.24. The van der Waals surface area contributed by atoms with Crippen LogP contribution in [0.4, 0.5) is 5.69 Å². The molecule has 104 valence electrons. The molecule has 0 aliphatic carbocycles. The van der Waals surface area contributed by atoms with Gasteiger partial charge in [0.15, 0.2) is 0 Å². The number of likely N-dealkylation sites (N-methyl/N-ethyl adjacent to an activating group) is 1. The molecular weight excluding hydrogens is 332 g/mol. The second-order valence-corrected chi connectivity index (χ2v) is 5.99. The summed E-state index contributed by atoms with van der Waals surface area (Å²) in [4.78, 5) is 22.2. The lowest BCUT2D eigenvalue weighted by atomic mass is 10.1. The monoisotopic (exact) mass is 342 g/mol. The first-order valence-electron chi connectivity index (χ1n) is 6.52. The molecule has 0 saturated carbocycles. The first-order chi connectivity index (χ1) is 10.1. The fourth-order valence-electron chi connectivity index (χ4n) is 2.63. The Hall–Kier alpha value is -2.21. The zero-order valence-electron chi connectivity index (χ0n) is 11.2. The number of halogens is 1. The number of hydrogen-bond acceptors (Lipinski definition) is 3. The van der Waals surface area contributed by atoms with Crippen molar-refractivity contribution in [3.8, 4) is 11.3 Å². The summed E-state index contributed by atoms with van der Waals surface area (Å²) in [7, 11) is 1.81. The van der Waals surface area contributed by atoms with Crippen LogP contribution in [0.3, 0.4) is 0 Å². The second kappa shape index (κ2) is 4.39. The minimum Gasteiger partial charge on any atom is -0.315 e. The molecule has 21 heavy (non-hydrogen) atoms. The molecule has 0 radical (unpaired) electrons. The topological polar surface area (TPSA) is 50.5 Å². The first-order valence-corrected chi connectivity index (χ1v) is 7.31. The number of rotatable bonds is 1. The molecule has 0 saturated heterocycles. The van der Waals surface area contributed by atoms with Crippen molar-refractivity contribution < 1.29 is 4.79 Å². The van der Waals surface area contributed by atoms with Crippen LogP contribution in [-0.4, -0.2) is 27.3 Å². The van der Waals surface area contributed by atoms with Crippen molar-refractivity contribution >= 4 is 33.3 Å². The number of hydrogen-bond donors (Lipinski definition) is 0. The minimum absolute atomic E-state index is 0.128. The van der Waals surface area contributed by atoms with Crippen molar-refractivity contribution in [1.29, 1.82) is 0 Å². The highest BCUT2D eigenvalue weighted by atomic mass is 79.9. The molecule has 0 atom stereocenters. The van der Waals surface area contributed by atoms with E-state index in [2.05, 4.69) is 25.9 Å². The van der Waals surface area contributed by atoms with Gasteiger partial charge in [0, 0.05) is 36.9 Å². The van der Waals surface area contributed by atoms with Crippen LogP contribution in [0.2, 0.25) is 0 Å². The van der Waals surface area contributed by atoms with Crippen molar-refractivity contribution in [2.24, 2.45) is 0 Å². The van der Waals surface area contributed by atoms with E-state index in [0.29, 0.717) is 12.2 Å². The number of carbonyl (C=O) groups is 1. The van der Waals surface area contributed by atoms with Gasteiger partial charge >= 0.3 is 0 Å². The molecule has 6 heteroatoms. The molecule has 1 aromatic carbocycles. The van der Waals surface area contributed by atoms with Crippen molar-refractivity contribution in [1.82, 2.24) is 14.4 Å². The van der Waals surface area contributed by atoms with Crippen molar-refractivity contribution in [3.05, 3.63) is 46.8 Å². The number of imidazole rings is 1. The fraction of sp³-hybridized carbons (Fsp3) is 0.133. The summed E-state index contributed by atoms with van der Waals surface area (Å²) >= 11 is 3.40. The number of amides is 1. The lowest BCUT2D eigenvalue weighted by Gasteiger charge is -2.09. The van der Waals surface area contributed by atoms with Gasteiger partial charge in [-0.3, -0.25) is 9.20 Å². The molecule has 0 unspecified atom stereocenters. The Bertz CT molecular complexity index is 887. The number of nitrogens with zero attached hydrogens (tertiary/aromatic N) is 4. The lowest BCUT2D eigenvalue weighted by molar-refractivity contribution is -0.117. The summed E-state index contributed by atoms with van der Waals surface area (Å²) < 4.78 is 2.78. The van der Waals surface area contributed by atoms with E-state index >= 15 is 0 Å². The number of anilines is 1. The van der Waals surface area contributed by atoms with Gasteiger partial charge in [0.25, 0.3) is 0 Å². The molecule has 3 heterocycles. The SMILES string of the molecule is CN1C(=O)Cc2cc(-c3cn4cc(Br)cnc4n3)ccc21. The third-order valence-corrected chi connectivity index (χ3v) is 4.14. The van der Waals surface area contributed by atoms with Crippen LogP contribution in [0.1, 0.15) is 5.56 Å². The summed E-state index contributed by atoms with van der Waals surface area (Å²) in [5.41, 5.74) is 3.88. The average molecular weight is 343 g/mol. The number of carbonyl (C=O) groups excluding carboxylic acids is 1. The highest BCUT2D eigenvalue weighted by Crippen LogP contribution is 2.31. The molecule has 1 amide bonds. The normalized spacial score (nSPS) is 14.0. The third-order valence-electron chi connectivity index (χ3n) is 3.73. The van der Waals surface area contributed by atoms with Crippen LogP contribution in [0.5, 0.6) is 0 Å². The van der Waals surface area contributed by atoms with Crippen molar-refractivity contribution in [2.75, 3.05) is 11.9 Å². The van der Waals surface area contributed by atoms with E-state index in [1.54, 1.807) is 18.1 Å². The molecule has 0 spiro atoms. The maximum atomic E-state index is 11.7. The van der Waals surface area contributed by atoms with Gasteiger partial charge in [-0.25, -0.2) is 9.97 Å². The molecule has 5 nitrogen and oxygen atoms in total. The maximum absolute atomic E-state index is 11.7. The van der Waals surface area contributed by atoms with Gasteiger partial charge in [-0.2, -0.15) is 0 Å². The molecule has 1 aliphatic rings. The Kier molecular flexibility index (Phi) is 2.62. The molecule has 4 rings (SSSR count). The maximum Gasteiger partial charge on any atom is 0.234 e. The molecule has 0 bridgehead atoms. The van der Waals surface area contributed by atoms with Gasteiger partial charge in [0.1, 0.15) is 0 Å². The largest absolute Gasteiger partial charge is 0.315 e. The van der Waals surface area contributed by atoms with Gasteiger partial charge in [-0.1, -0.05) is 6.07 Å². The van der Waals surface area contributed by atoms with Crippen LogP contribution in [0.25, 0.3) is 17.0 Å². The summed E-state index contributed by atoms with van der Waals surface area (Å²) in [5.74, 6) is 0.782. The predicted molar refractivity (Wildman–Crippen MR) is 83.2 cm³/mol. The lowest BCUT2D eigenvalue weighted by Crippen LogP contribution is -2.20. The van der Waals surface area contributed by atoms with Crippen molar-refractivity contribution in [2.45, 2.75) is 6.42 Å². The van der Waals surface area contributed by atoms with Crippen LogP contribution < -0.4 is 4.90 Å². The summed E-state index contributed by atoms with van der Waals surface area (Å²) in [6.45, 7) is 0. The van der Waals surface area contributed by atoms with E-state index in [-0.39, 0.29) is 5.91 Å². The van der Waals surface area contributed by atoms with Crippen LogP contribution in [-0.2, 0) is 11.2 Å². The number of aromatic nitrogens is 3. The quantitative estimate of drug-likeness (QED) is 0.683. The highest BCUT2D eigenvalue weighted by molar-refractivity contribution is 9.10. The van der Waals surface area contributed by atoms with E-state index in [1.807, 2.05) is 35.0 Å². The molecule has 0 N–H and O–H groups in total. The second-order valence-electron chi connectivity index (χ2n) is 5.08. The Morgan fingerprint density at radius 2 is 2.14 bits per heavy atom. The summed E-state index contributed by atoms with van der Waals surface area (Å²) in [5, 5.41) is 0. The molecule has 2 aromatic heterocycles. The van der Waals surface area contributed by atoms with Crippen LogP contribution in [0.15, 0.2) is 41.3 Å². The predicted octanol–water partition coefficient (Wildman–Crippen LogP) is 2.68. The zero-order chi connectivity index (χ0) is 14.6. The Labute approximate surface area is 129 Å². The Morgan fingerprint density at radius 3 is 3.00 bits per heavy atom.